The summed E-state index contributed by atoms with van der Waals surface area (Å²) in [6.45, 7) is 8.20. The lowest BCUT2D eigenvalue weighted by molar-refractivity contribution is 0.461. The smallest absolute Gasteiger partial charge is 0.108 e. The third-order valence-electron chi connectivity index (χ3n) is 3.62. The second-order valence-corrected chi connectivity index (χ2v) is 5.13. The first kappa shape index (κ1) is 14.8. The Balaban J connectivity index is 2.12. The van der Waals surface area contributed by atoms with Crippen molar-refractivity contribution in [2.24, 2.45) is 7.05 Å². The number of aromatic nitrogens is 4. The van der Waals surface area contributed by atoms with E-state index in [9.17, 15) is 0 Å². The van der Waals surface area contributed by atoms with Gasteiger partial charge < -0.3 is 9.88 Å². The lowest BCUT2D eigenvalue weighted by atomic mass is 10.1. The van der Waals surface area contributed by atoms with Gasteiger partial charge >= 0.3 is 0 Å². The van der Waals surface area contributed by atoms with Crippen LogP contribution in [0.15, 0.2) is 18.5 Å². The molecule has 0 aliphatic carbocycles. The topological polar surface area (TPSA) is 47.7 Å². The van der Waals surface area contributed by atoms with Gasteiger partial charge in [-0.25, -0.2) is 4.98 Å². The predicted octanol–water partition coefficient (Wildman–Crippen LogP) is 2.23. The molecule has 0 fully saturated rings. The molecule has 1 N–H and O–H groups in total. The van der Waals surface area contributed by atoms with Crippen molar-refractivity contribution in [2.45, 2.75) is 46.2 Å². The number of nitrogens with zero attached hydrogens (tertiary/aromatic N) is 4. The summed E-state index contributed by atoms with van der Waals surface area (Å²) in [4.78, 5) is 4.40. The lowest BCUT2D eigenvalue weighted by Gasteiger charge is -2.19. The zero-order valence-corrected chi connectivity index (χ0v) is 12.9. The average molecular weight is 275 g/mol. The molecule has 2 rings (SSSR count). The van der Waals surface area contributed by atoms with Crippen LogP contribution < -0.4 is 5.32 Å². The Hall–Kier alpha value is -1.62. The summed E-state index contributed by atoms with van der Waals surface area (Å²) in [7, 11) is 2.05. The molecule has 0 aliphatic rings. The van der Waals surface area contributed by atoms with Gasteiger partial charge in [0.25, 0.3) is 0 Å². The maximum atomic E-state index is 4.55. The van der Waals surface area contributed by atoms with Crippen LogP contribution in [-0.2, 0) is 20.0 Å². The van der Waals surface area contributed by atoms with Crippen LogP contribution >= 0.6 is 0 Å². The van der Waals surface area contributed by atoms with Crippen molar-refractivity contribution in [1.29, 1.82) is 0 Å². The first-order chi connectivity index (χ1) is 9.65. The molecule has 2 heterocycles. The monoisotopic (exact) mass is 275 g/mol. The molecule has 0 radical (unpaired) electrons. The molecule has 0 spiro atoms. The van der Waals surface area contributed by atoms with E-state index in [-0.39, 0.29) is 0 Å². The van der Waals surface area contributed by atoms with Crippen LogP contribution in [0.4, 0.5) is 0 Å². The zero-order chi connectivity index (χ0) is 14.5. The summed E-state index contributed by atoms with van der Waals surface area (Å²) in [6.07, 6.45) is 5.86. The number of hydrogen-bond donors (Lipinski definition) is 1. The Kier molecular flexibility index (Phi) is 4.95. The van der Waals surface area contributed by atoms with Gasteiger partial charge in [-0.05, 0) is 32.9 Å². The summed E-state index contributed by atoms with van der Waals surface area (Å²) in [6, 6.07) is 2.52. The molecule has 5 heteroatoms. The van der Waals surface area contributed by atoms with Crippen molar-refractivity contribution in [3.8, 4) is 0 Å². The maximum Gasteiger partial charge on any atom is 0.108 e. The third kappa shape index (κ3) is 3.28. The molecule has 1 unspecified atom stereocenters. The molecule has 5 nitrogen and oxygen atoms in total. The van der Waals surface area contributed by atoms with Crippen LogP contribution in [0.2, 0.25) is 0 Å². The molecule has 0 aromatic carbocycles. The van der Waals surface area contributed by atoms with Crippen molar-refractivity contribution in [2.75, 3.05) is 6.54 Å². The highest BCUT2D eigenvalue weighted by atomic mass is 15.3. The summed E-state index contributed by atoms with van der Waals surface area (Å²) in [5, 5.41) is 8.12. The molecular weight excluding hydrogens is 250 g/mol. The Morgan fingerprint density at radius 1 is 1.35 bits per heavy atom. The normalized spacial score (nSPS) is 12.8. The second kappa shape index (κ2) is 6.70. The van der Waals surface area contributed by atoms with Crippen LogP contribution in [0.1, 0.15) is 43.5 Å². The SMILES string of the molecule is CCNC(CCc1nccn1C)c1cc(C)nn1CC. The van der Waals surface area contributed by atoms with Gasteiger partial charge in [0.1, 0.15) is 5.82 Å². The Morgan fingerprint density at radius 2 is 2.15 bits per heavy atom. The van der Waals surface area contributed by atoms with Crippen molar-refractivity contribution in [1.82, 2.24) is 24.6 Å². The van der Waals surface area contributed by atoms with Gasteiger partial charge in [-0.3, -0.25) is 4.68 Å². The fourth-order valence-electron chi connectivity index (χ4n) is 2.61. The van der Waals surface area contributed by atoms with Crippen LogP contribution in [0.25, 0.3) is 0 Å². The third-order valence-corrected chi connectivity index (χ3v) is 3.62. The molecule has 20 heavy (non-hydrogen) atoms. The van der Waals surface area contributed by atoms with Crippen LogP contribution in [0.3, 0.4) is 0 Å². The summed E-state index contributed by atoms with van der Waals surface area (Å²) < 4.78 is 4.19. The minimum Gasteiger partial charge on any atom is -0.338 e. The van der Waals surface area contributed by atoms with E-state index in [0.29, 0.717) is 6.04 Å². The fourth-order valence-corrected chi connectivity index (χ4v) is 2.61. The van der Waals surface area contributed by atoms with Gasteiger partial charge in [-0.1, -0.05) is 6.92 Å². The number of nitrogens with one attached hydrogen (secondary N) is 1. The second-order valence-electron chi connectivity index (χ2n) is 5.13. The first-order valence-electron chi connectivity index (χ1n) is 7.39. The van der Waals surface area contributed by atoms with Gasteiger partial charge in [0.2, 0.25) is 0 Å². The molecule has 110 valence electrons. The van der Waals surface area contributed by atoms with Crippen molar-refractivity contribution >= 4 is 0 Å². The van der Waals surface area contributed by atoms with Crippen molar-refractivity contribution < 1.29 is 0 Å². The van der Waals surface area contributed by atoms with Crippen molar-refractivity contribution in [3.63, 3.8) is 0 Å². The largest absolute Gasteiger partial charge is 0.338 e. The van der Waals surface area contributed by atoms with Gasteiger partial charge in [0.05, 0.1) is 11.4 Å². The molecule has 1 atom stereocenters. The quantitative estimate of drug-likeness (QED) is 0.843. The summed E-state index contributed by atoms with van der Waals surface area (Å²) in [5.74, 6) is 1.13. The standard InChI is InChI=1S/C15H25N5/c1-5-16-13(7-8-15-17-9-10-19(15)4)14-11-12(3)18-20(14)6-2/h9-11,13,16H,5-8H2,1-4H3. The highest BCUT2D eigenvalue weighted by molar-refractivity contribution is 5.14. The van der Waals surface area contributed by atoms with E-state index in [2.05, 4.69) is 51.5 Å². The number of rotatable bonds is 7. The van der Waals surface area contributed by atoms with Gasteiger partial charge in [-0.2, -0.15) is 5.10 Å². The molecule has 0 bridgehead atoms. The van der Waals surface area contributed by atoms with Gasteiger partial charge in [0, 0.05) is 38.4 Å². The summed E-state index contributed by atoms with van der Waals surface area (Å²) >= 11 is 0. The molecule has 0 saturated heterocycles. The van der Waals surface area contributed by atoms with E-state index in [1.54, 1.807) is 0 Å². The molecule has 0 aliphatic heterocycles. The minimum absolute atomic E-state index is 0.331. The summed E-state index contributed by atoms with van der Waals surface area (Å²) in [5.41, 5.74) is 2.36. The molecular formula is C15H25N5. The average Bonchev–Trinajstić information content (AvgIpc) is 3.00. The predicted molar refractivity (Wildman–Crippen MR) is 80.6 cm³/mol. The highest BCUT2D eigenvalue weighted by Crippen LogP contribution is 2.20. The van der Waals surface area contributed by atoms with Crippen LogP contribution in [-0.4, -0.2) is 25.9 Å². The fraction of sp³-hybridized carbons (Fsp3) is 0.600. The van der Waals surface area contributed by atoms with Gasteiger partial charge in [-0.15, -0.1) is 0 Å². The molecule has 2 aromatic heterocycles. The van der Waals surface area contributed by atoms with E-state index in [1.165, 1.54) is 5.69 Å². The zero-order valence-electron chi connectivity index (χ0n) is 12.9. The first-order valence-corrected chi connectivity index (χ1v) is 7.39. The lowest BCUT2D eigenvalue weighted by Crippen LogP contribution is -2.24. The van der Waals surface area contributed by atoms with E-state index in [4.69, 9.17) is 0 Å². The number of hydrogen-bond acceptors (Lipinski definition) is 3. The Labute approximate surface area is 121 Å². The molecule has 0 amide bonds. The number of imidazole rings is 1. The Bertz CT molecular complexity index is 540. The van der Waals surface area contributed by atoms with Gasteiger partial charge in [0.15, 0.2) is 0 Å². The van der Waals surface area contributed by atoms with E-state index < -0.39 is 0 Å². The molecule has 2 aromatic rings. The highest BCUT2D eigenvalue weighted by Gasteiger charge is 2.16. The van der Waals surface area contributed by atoms with E-state index >= 15 is 0 Å². The number of aryl methyl sites for hydroxylation is 4. The van der Waals surface area contributed by atoms with E-state index in [0.717, 1.165) is 37.4 Å². The van der Waals surface area contributed by atoms with Crippen LogP contribution in [0, 0.1) is 6.92 Å². The van der Waals surface area contributed by atoms with Crippen LogP contribution in [0.5, 0.6) is 0 Å². The van der Waals surface area contributed by atoms with Crippen molar-refractivity contribution in [3.05, 3.63) is 35.7 Å². The minimum atomic E-state index is 0.331. The molecule has 0 saturated carbocycles. The maximum absolute atomic E-state index is 4.55. The van der Waals surface area contributed by atoms with E-state index in [1.807, 2.05) is 19.4 Å². The Morgan fingerprint density at radius 3 is 2.75 bits per heavy atom.